The van der Waals surface area contributed by atoms with Crippen LogP contribution in [0.15, 0.2) is 18.2 Å². The lowest BCUT2D eigenvalue weighted by Gasteiger charge is -2.24. The summed E-state index contributed by atoms with van der Waals surface area (Å²) in [5, 5.41) is 3.22. The van der Waals surface area contributed by atoms with Crippen LogP contribution in [-0.4, -0.2) is 40.0 Å². The maximum Gasteiger partial charge on any atom is 0.390 e. The number of nitrogens with zero attached hydrogens (tertiary/aromatic N) is 1. The fourth-order valence-corrected chi connectivity index (χ4v) is 2.04. The van der Waals surface area contributed by atoms with Gasteiger partial charge in [-0.1, -0.05) is 17.7 Å². The Labute approximate surface area is 124 Å². The van der Waals surface area contributed by atoms with Gasteiger partial charge in [0.05, 0.1) is 13.0 Å². The Bertz CT molecular complexity index is 435. The normalized spacial score (nSPS) is 11.7. The lowest BCUT2D eigenvalue weighted by molar-refractivity contribution is -0.132. The van der Waals surface area contributed by atoms with E-state index in [0.29, 0.717) is 19.7 Å². The Balaban J connectivity index is 2.70. The summed E-state index contributed by atoms with van der Waals surface area (Å²) in [6, 6.07) is 5.79. The van der Waals surface area contributed by atoms with E-state index in [2.05, 4.69) is 5.32 Å². The van der Waals surface area contributed by atoms with E-state index in [9.17, 15) is 13.2 Å². The van der Waals surface area contributed by atoms with E-state index in [1.807, 2.05) is 25.1 Å². The molecule has 3 nitrogen and oxygen atoms in total. The maximum atomic E-state index is 12.3. The number of aryl methyl sites for hydroxylation is 1. The number of methoxy groups -OCH3 is 1. The second-order valence-corrected chi connectivity index (χ2v) is 5.09. The lowest BCUT2D eigenvalue weighted by atomic mass is 10.1. The van der Waals surface area contributed by atoms with Crippen LogP contribution < -0.4 is 10.2 Å². The first-order valence-electron chi connectivity index (χ1n) is 6.90. The number of nitrogens with one attached hydrogen (secondary N) is 1. The molecule has 0 unspecified atom stereocenters. The molecule has 120 valence electrons. The molecule has 0 spiro atoms. The van der Waals surface area contributed by atoms with E-state index >= 15 is 0 Å². The molecule has 0 fully saturated rings. The predicted octanol–water partition coefficient (Wildman–Crippen LogP) is 3.12. The number of benzene rings is 1. The van der Waals surface area contributed by atoms with Crippen molar-refractivity contribution >= 4 is 5.69 Å². The van der Waals surface area contributed by atoms with Crippen molar-refractivity contribution in [2.24, 2.45) is 0 Å². The fourth-order valence-electron chi connectivity index (χ4n) is 2.04. The van der Waals surface area contributed by atoms with Crippen LogP contribution in [0.5, 0.6) is 0 Å². The number of anilines is 1. The minimum Gasteiger partial charge on any atom is -0.383 e. The van der Waals surface area contributed by atoms with Gasteiger partial charge in [-0.05, 0) is 18.6 Å². The summed E-state index contributed by atoms with van der Waals surface area (Å²) in [7, 11) is 3.32. The van der Waals surface area contributed by atoms with E-state index in [1.165, 1.54) is 0 Å². The summed E-state index contributed by atoms with van der Waals surface area (Å²) in [5.41, 5.74) is 2.91. The van der Waals surface area contributed by atoms with Crippen molar-refractivity contribution in [1.29, 1.82) is 0 Å². The molecule has 0 heterocycles. The van der Waals surface area contributed by atoms with E-state index < -0.39 is 12.6 Å². The van der Waals surface area contributed by atoms with Gasteiger partial charge < -0.3 is 15.0 Å². The van der Waals surface area contributed by atoms with Crippen LogP contribution in [0.2, 0.25) is 0 Å². The average molecular weight is 304 g/mol. The molecule has 0 atom stereocenters. The van der Waals surface area contributed by atoms with E-state index in [0.717, 1.165) is 16.8 Å². The van der Waals surface area contributed by atoms with Crippen molar-refractivity contribution in [1.82, 2.24) is 5.32 Å². The van der Waals surface area contributed by atoms with Crippen molar-refractivity contribution in [3.63, 3.8) is 0 Å². The minimum atomic E-state index is -4.13. The molecule has 1 N–H and O–H groups in total. The molecule has 0 amide bonds. The first kappa shape index (κ1) is 17.8. The molecule has 0 radical (unpaired) electrons. The van der Waals surface area contributed by atoms with E-state index in [-0.39, 0.29) is 6.54 Å². The second kappa shape index (κ2) is 8.24. The van der Waals surface area contributed by atoms with Crippen LogP contribution in [0.4, 0.5) is 18.9 Å². The molecule has 6 heteroatoms. The van der Waals surface area contributed by atoms with Gasteiger partial charge in [-0.3, -0.25) is 0 Å². The zero-order chi connectivity index (χ0) is 15.9. The van der Waals surface area contributed by atoms with Crippen molar-refractivity contribution in [3.8, 4) is 0 Å². The molecular weight excluding hydrogens is 281 g/mol. The van der Waals surface area contributed by atoms with Crippen molar-refractivity contribution in [3.05, 3.63) is 29.3 Å². The quantitative estimate of drug-likeness (QED) is 0.747. The van der Waals surface area contributed by atoms with Crippen molar-refractivity contribution < 1.29 is 17.9 Å². The highest BCUT2D eigenvalue weighted by Gasteiger charge is 2.27. The zero-order valence-corrected chi connectivity index (χ0v) is 12.8. The molecule has 0 aliphatic heterocycles. The average Bonchev–Trinajstić information content (AvgIpc) is 2.40. The number of hydrogen-bond donors (Lipinski definition) is 1. The highest BCUT2D eigenvalue weighted by molar-refractivity contribution is 5.54. The lowest BCUT2D eigenvalue weighted by Crippen LogP contribution is -2.26. The zero-order valence-electron chi connectivity index (χ0n) is 12.8. The first-order chi connectivity index (χ1) is 9.83. The SMILES string of the molecule is COCCNCc1cc(C)ccc1N(C)CCC(F)(F)F. The third-order valence-corrected chi connectivity index (χ3v) is 3.18. The van der Waals surface area contributed by atoms with Crippen molar-refractivity contribution in [2.75, 3.05) is 38.8 Å². The van der Waals surface area contributed by atoms with Gasteiger partial charge in [0.25, 0.3) is 0 Å². The highest BCUT2D eigenvalue weighted by Crippen LogP contribution is 2.24. The van der Waals surface area contributed by atoms with Gasteiger partial charge in [0.2, 0.25) is 0 Å². The van der Waals surface area contributed by atoms with Crippen LogP contribution in [0.3, 0.4) is 0 Å². The topological polar surface area (TPSA) is 24.5 Å². The highest BCUT2D eigenvalue weighted by atomic mass is 19.4. The Kier molecular flexibility index (Phi) is 6.98. The summed E-state index contributed by atoms with van der Waals surface area (Å²) in [6.07, 6.45) is -4.94. The van der Waals surface area contributed by atoms with Crippen LogP contribution in [0.1, 0.15) is 17.5 Å². The fraction of sp³-hybridized carbons (Fsp3) is 0.600. The largest absolute Gasteiger partial charge is 0.390 e. The summed E-state index contributed by atoms with van der Waals surface area (Å²) >= 11 is 0. The Morgan fingerprint density at radius 3 is 2.62 bits per heavy atom. The predicted molar refractivity (Wildman–Crippen MR) is 78.7 cm³/mol. The summed E-state index contributed by atoms with van der Waals surface area (Å²) in [4.78, 5) is 1.65. The monoisotopic (exact) mass is 304 g/mol. The first-order valence-corrected chi connectivity index (χ1v) is 6.90. The molecule has 1 aromatic rings. The summed E-state index contributed by atoms with van der Waals surface area (Å²) in [5.74, 6) is 0. The molecule has 0 aliphatic rings. The van der Waals surface area contributed by atoms with Crippen LogP contribution in [0.25, 0.3) is 0 Å². The van der Waals surface area contributed by atoms with Gasteiger partial charge in [-0.2, -0.15) is 13.2 Å². The Morgan fingerprint density at radius 2 is 2.00 bits per heavy atom. The molecule has 0 bridgehead atoms. The van der Waals surface area contributed by atoms with Gasteiger partial charge in [-0.15, -0.1) is 0 Å². The molecular formula is C15H23F3N2O. The summed E-state index contributed by atoms with van der Waals surface area (Å²) < 4.78 is 42.0. The number of ether oxygens (including phenoxy) is 1. The van der Waals surface area contributed by atoms with Gasteiger partial charge in [0.15, 0.2) is 0 Å². The number of rotatable bonds is 8. The Hall–Kier alpha value is -1.27. The number of hydrogen-bond acceptors (Lipinski definition) is 3. The third kappa shape index (κ3) is 6.82. The molecule has 0 saturated carbocycles. The molecule has 0 saturated heterocycles. The van der Waals surface area contributed by atoms with Gasteiger partial charge in [-0.25, -0.2) is 0 Å². The van der Waals surface area contributed by atoms with E-state index in [4.69, 9.17) is 4.74 Å². The Morgan fingerprint density at radius 1 is 1.29 bits per heavy atom. The van der Waals surface area contributed by atoms with E-state index in [1.54, 1.807) is 19.1 Å². The number of alkyl halides is 3. The van der Waals surface area contributed by atoms with Crippen molar-refractivity contribution in [2.45, 2.75) is 26.1 Å². The molecule has 1 rings (SSSR count). The minimum absolute atomic E-state index is 0.0440. The smallest absolute Gasteiger partial charge is 0.383 e. The standard InChI is InChI=1S/C15H23F3N2O/c1-12-4-5-14(20(2)8-6-15(16,17)18)13(10-12)11-19-7-9-21-3/h4-5,10,19H,6-9,11H2,1-3H3. The molecule has 21 heavy (non-hydrogen) atoms. The van der Waals surface area contributed by atoms with Crippen LogP contribution >= 0.6 is 0 Å². The second-order valence-electron chi connectivity index (χ2n) is 5.09. The third-order valence-electron chi connectivity index (χ3n) is 3.18. The molecule has 1 aromatic carbocycles. The maximum absolute atomic E-state index is 12.3. The number of halogens is 3. The van der Waals surface area contributed by atoms with Crippen LogP contribution in [0, 0.1) is 6.92 Å². The van der Waals surface area contributed by atoms with Crippen LogP contribution in [-0.2, 0) is 11.3 Å². The van der Waals surface area contributed by atoms with Gasteiger partial charge in [0, 0.05) is 39.5 Å². The van der Waals surface area contributed by atoms with Gasteiger partial charge in [0.1, 0.15) is 0 Å². The summed E-state index contributed by atoms with van der Waals surface area (Å²) in [6.45, 7) is 3.84. The van der Waals surface area contributed by atoms with Gasteiger partial charge >= 0.3 is 6.18 Å². The molecule has 0 aliphatic carbocycles. The molecule has 0 aromatic heterocycles.